The van der Waals surface area contributed by atoms with Crippen molar-refractivity contribution in [2.75, 3.05) is 7.05 Å². The van der Waals surface area contributed by atoms with Crippen molar-refractivity contribution in [2.45, 2.75) is 32.9 Å². The van der Waals surface area contributed by atoms with Crippen LogP contribution < -0.4 is 5.32 Å². The molecular formula is C27H28N4O3. The maximum atomic E-state index is 13.5. The van der Waals surface area contributed by atoms with Gasteiger partial charge in [0, 0.05) is 31.3 Å². The minimum atomic E-state index is -0.741. The quantitative estimate of drug-likeness (QED) is 0.433. The molecule has 2 aromatic heterocycles. The summed E-state index contributed by atoms with van der Waals surface area (Å²) in [5.41, 5.74) is 4.74. The highest BCUT2D eigenvalue weighted by Crippen LogP contribution is 2.20. The van der Waals surface area contributed by atoms with Crippen LogP contribution >= 0.6 is 0 Å². The molecule has 174 valence electrons. The van der Waals surface area contributed by atoms with Crippen LogP contribution in [-0.2, 0) is 17.8 Å². The highest BCUT2D eigenvalue weighted by Gasteiger charge is 2.27. The van der Waals surface area contributed by atoms with Crippen LogP contribution in [-0.4, -0.2) is 39.6 Å². The van der Waals surface area contributed by atoms with E-state index in [1.807, 2.05) is 79.2 Å². The number of hydrogen-bond acceptors (Lipinski definition) is 4. The zero-order chi connectivity index (χ0) is 24.1. The van der Waals surface area contributed by atoms with Crippen molar-refractivity contribution in [1.29, 1.82) is 0 Å². The van der Waals surface area contributed by atoms with Gasteiger partial charge >= 0.3 is 0 Å². The fraction of sp³-hybridized carbons (Fsp3) is 0.222. The molecule has 1 atom stereocenters. The van der Waals surface area contributed by atoms with E-state index in [0.717, 1.165) is 28.2 Å². The van der Waals surface area contributed by atoms with E-state index in [2.05, 4.69) is 10.4 Å². The normalized spacial score (nSPS) is 11.7. The van der Waals surface area contributed by atoms with E-state index >= 15 is 0 Å². The standard InChI is InChI=1S/C27H28N4O3/c1-19-23(20(2)31(29-19)22-13-8-5-9-14-22)18-30(3)27(33)24(17-21-11-6-4-7-12-21)28-26(32)25-15-10-16-34-25/h4-16,24H,17-18H2,1-3H3,(H,28,32). The number of amides is 2. The number of nitrogens with zero attached hydrogens (tertiary/aromatic N) is 3. The molecule has 2 heterocycles. The molecule has 34 heavy (non-hydrogen) atoms. The average molecular weight is 457 g/mol. The van der Waals surface area contributed by atoms with Crippen LogP contribution in [0.15, 0.2) is 83.5 Å². The summed E-state index contributed by atoms with van der Waals surface area (Å²) in [6.45, 7) is 4.33. The summed E-state index contributed by atoms with van der Waals surface area (Å²) in [5.74, 6) is -0.434. The van der Waals surface area contributed by atoms with E-state index in [4.69, 9.17) is 4.42 Å². The summed E-state index contributed by atoms with van der Waals surface area (Å²) >= 11 is 0. The van der Waals surface area contributed by atoms with E-state index in [9.17, 15) is 9.59 Å². The van der Waals surface area contributed by atoms with Crippen molar-refractivity contribution in [3.05, 3.63) is 107 Å². The molecule has 0 saturated carbocycles. The zero-order valence-corrected chi connectivity index (χ0v) is 19.6. The number of hydrogen-bond donors (Lipinski definition) is 1. The molecule has 2 aromatic carbocycles. The lowest BCUT2D eigenvalue weighted by atomic mass is 10.0. The van der Waals surface area contributed by atoms with Crippen LogP contribution in [0, 0.1) is 13.8 Å². The van der Waals surface area contributed by atoms with E-state index in [-0.39, 0.29) is 11.7 Å². The monoisotopic (exact) mass is 456 g/mol. The summed E-state index contributed by atoms with van der Waals surface area (Å²) in [5, 5.41) is 7.53. The van der Waals surface area contributed by atoms with Gasteiger partial charge in [0.15, 0.2) is 5.76 Å². The molecule has 7 nitrogen and oxygen atoms in total. The van der Waals surface area contributed by atoms with Crippen LogP contribution in [0.5, 0.6) is 0 Å². The number of carbonyl (C=O) groups is 2. The summed E-state index contributed by atoms with van der Waals surface area (Å²) in [6, 6.07) is 22.0. The summed E-state index contributed by atoms with van der Waals surface area (Å²) in [6.07, 6.45) is 1.81. The molecule has 7 heteroatoms. The third-order valence-corrected chi connectivity index (χ3v) is 5.84. The number of nitrogens with one attached hydrogen (secondary N) is 1. The number of likely N-dealkylation sites (N-methyl/N-ethyl adjacent to an activating group) is 1. The van der Waals surface area contributed by atoms with Gasteiger partial charge in [-0.3, -0.25) is 9.59 Å². The molecule has 0 fully saturated rings. The predicted molar refractivity (Wildman–Crippen MR) is 130 cm³/mol. The molecule has 0 spiro atoms. The predicted octanol–water partition coefficient (Wildman–Crippen LogP) is 4.08. The second-order valence-corrected chi connectivity index (χ2v) is 8.28. The largest absolute Gasteiger partial charge is 0.459 e. The Morgan fingerprint density at radius 1 is 1.00 bits per heavy atom. The minimum Gasteiger partial charge on any atom is -0.459 e. The molecular weight excluding hydrogens is 428 g/mol. The second kappa shape index (κ2) is 10.2. The van der Waals surface area contributed by atoms with Gasteiger partial charge in [-0.25, -0.2) is 4.68 Å². The molecule has 0 saturated heterocycles. The van der Waals surface area contributed by atoms with Gasteiger partial charge in [0.25, 0.3) is 5.91 Å². The fourth-order valence-electron chi connectivity index (χ4n) is 3.99. The topological polar surface area (TPSA) is 80.4 Å². The Hall–Kier alpha value is -4.13. The molecule has 0 radical (unpaired) electrons. The number of aromatic nitrogens is 2. The molecule has 1 N–H and O–H groups in total. The van der Waals surface area contributed by atoms with Crippen molar-refractivity contribution in [3.8, 4) is 5.69 Å². The third kappa shape index (κ3) is 5.09. The SMILES string of the molecule is Cc1nn(-c2ccccc2)c(C)c1CN(C)C(=O)C(Cc1ccccc1)NC(=O)c1ccco1. The van der Waals surface area contributed by atoms with Gasteiger partial charge < -0.3 is 14.6 Å². The van der Waals surface area contributed by atoms with Crippen molar-refractivity contribution in [2.24, 2.45) is 0 Å². The first-order chi connectivity index (χ1) is 16.4. The lowest BCUT2D eigenvalue weighted by Gasteiger charge is -2.25. The van der Waals surface area contributed by atoms with Gasteiger partial charge in [-0.1, -0.05) is 48.5 Å². The molecule has 2 amide bonds. The minimum absolute atomic E-state index is 0.171. The molecule has 0 aliphatic carbocycles. The van der Waals surface area contributed by atoms with Gasteiger partial charge in [0.2, 0.25) is 5.91 Å². The first-order valence-corrected chi connectivity index (χ1v) is 11.2. The highest BCUT2D eigenvalue weighted by atomic mass is 16.3. The molecule has 0 aliphatic heterocycles. The Morgan fingerprint density at radius 3 is 2.32 bits per heavy atom. The number of rotatable bonds is 8. The number of benzene rings is 2. The summed E-state index contributed by atoms with van der Waals surface area (Å²) < 4.78 is 7.10. The number of furan rings is 1. The molecule has 0 bridgehead atoms. The van der Waals surface area contributed by atoms with E-state index in [0.29, 0.717) is 13.0 Å². The fourth-order valence-corrected chi connectivity index (χ4v) is 3.99. The maximum Gasteiger partial charge on any atom is 0.287 e. The Labute approximate surface area is 199 Å². The van der Waals surface area contributed by atoms with E-state index in [1.54, 1.807) is 24.1 Å². The van der Waals surface area contributed by atoms with Crippen molar-refractivity contribution in [1.82, 2.24) is 20.0 Å². The number of para-hydroxylation sites is 1. The lowest BCUT2D eigenvalue weighted by molar-refractivity contribution is -0.132. The van der Waals surface area contributed by atoms with Gasteiger partial charge in [-0.15, -0.1) is 0 Å². The van der Waals surface area contributed by atoms with E-state index < -0.39 is 11.9 Å². The van der Waals surface area contributed by atoms with Gasteiger partial charge in [0.05, 0.1) is 17.6 Å². The molecule has 4 rings (SSSR count). The molecule has 4 aromatic rings. The maximum absolute atomic E-state index is 13.5. The number of aryl methyl sites for hydroxylation is 1. The van der Waals surface area contributed by atoms with Gasteiger partial charge in [-0.05, 0) is 43.7 Å². The second-order valence-electron chi connectivity index (χ2n) is 8.28. The third-order valence-electron chi connectivity index (χ3n) is 5.84. The van der Waals surface area contributed by atoms with Gasteiger partial charge in [0.1, 0.15) is 6.04 Å². The van der Waals surface area contributed by atoms with Crippen LogP contribution in [0.1, 0.15) is 33.1 Å². The first-order valence-electron chi connectivity index (χ1n) is 11.2. The summed E-state index contributed by atoms with van der Waals surface area (Å²) in [7, 11) is 1.75. The highest BCUT2D eigenvalue weighted by molar-refractivity contribution is 5.95. The van der Waals surface area contributed by atoms with Crippen LogP contribution in [0.25, 0.3) is 5.69 Å². The first kappa shape index (κ1) is 23.0. The van der Waals surface area contributed by atoms with Crippen molar-refractivity contribution >= 4 is 11.8 Å². The smallest absolute Gasteiger partial charge is 0.287 e. The van der Waals surface area contributed by atoms with Crippen molar-refractivity contribution < 1.29 is 14.0 Å². The van der Waals surface area contributed by atoms with Crippen LogP contribution in [0.2, 0.25) is 0 Å². The van der Waals surface area contributed by atoms with Crippen molar-refractivity contribution in [3.63, 3.8) is 0 Å². The average Bonchev–Trinajstić information content (AvgIpc) is 3.49. The summed E-state index contributed by atoms with van der Waals surface area (Å²) in [4.78, 5) is 27.8. The van der Waals surface area contributed by atoms with Crippen LogP contribution in [0.4, 0.5) is 0 Å². The molecule has 0 aliphatic rings. The Bertz CT molecular complexity index is 1250. The van der Waals surface area contributed by atoms with Crippen LogP contribution in [0.3, 0.4) is 0 Å². The Kier molecular flexibility index (Phi) is 6.92. The molecule has 1 unspecified atom stereocenters. The van der Waals surface area contributed by atoms with E-state index in [1.165, 1.54) is 6.26 Å². The lowest BCUT2D eigenvalue weighted by Crippen LogP contribution is -2.48. The van der Waals surface area contributed by atoms with Gasteiger partial charge in [-0.2, -0.15) is 5.10 Å². The Morgan fingerprint density at radius 2 is 1.68 bits per heavy atom. The Balaban J connectivity index is 1.55. The zero-order valence-electron chi connectivity index (χ0n) is 19.6. The number of carbonyl (C=O) groups excluding carboxylic acids is 2.